The van der Waals surface area contributed by atoms with Crippen LogP contribution in [0.2, 0.25) is 0 Å². The van der Waals surface area contributed by atoms with E-state index in [0.717, 1.165) is 19.4 Å². The number of carbonyl (C=O) groups excluding carboxylic acids is 1. The first-order chi connectivity index (χ1) is 7.50. The minimum absolute atomic E-state index is 0.00588. The molecule has 92 valence electrons. The lowest BCUT2D eigenvalue weighted by Crippen LogP contribution is -2.37. The molecule has 1 aliphatic carbocycles. The number of rotatable bonds is 7. The zero-order valence-corrected chi connectivity index (χ0v) is 10.6. The highest BCUT2D eigenvalue weighted by atomic mass is 32.2. The van der Waals surface area contributed by atoms with Gasteiger partial charge >= 0.3 is 5.97 Å². The summed E-state index contributed by atoms with van der Waals surface area (Å²) >= 11 is 1.18. The number of aliphatic carboxylic acids is 1. The van der Waals surface area contributed by atoms with Gasteiger partial charge in [0.1, 0.15) is 0 Å². The predicted octanol–water partition coefficient (Wildman–Crippen LogP) is 1.45. The maximum Gasteiger partial charge on any atom is 0.313 e. The van der Waals surface area contributed by atoms with Crippen molar-refractivity contribution in [3.05, 3.63) is 0 Å². The maximum absolute atomic E-state index is 11.9. The smallest absolute Gasteiger partial charge is 0.313 e. The van der Waals surface area contributed by atoms with E-state index < -0.39 is 5.97 Å². The van der Waals surface area contributed by atoms with Gasteiger partial charge in [-0.05, 0) is 18.8 Å². The van der Waals surface area contributed by atoms with E-state index >= 15 is 0 Å². The van der Waals surface area contributed by atoms with E-state index in [-0.39, 0.29) is 17.4 Å². The fourth-order valence-corrected chi connectivity index (χ4v) is 2.16. The van der Waals surface area contributed by atoms with Crippen molar-refractivity contribution in [2.24, 2.45) is 5.92 Å². The van der Waals surface area contributed by atoms with Gasteiger partial charge in [-0.1, -0.05) is 13.8 Å². The summed E-state index contributed by atoms with van der Waals surface area (Å²) in [6.45, 7) is 4.97. The third-order valence-electron chi connectivity index (χ3n) is 2.32. The van der Waals surface area contributed by atoms with Crippen LogP contribution in [0.4, 0.5) is 0 Å². The van der Waals surface area contributed by atoms with Crippen LogP contribution in [0.25, 0.3) is 0 Å². The highest BCUT2D eigenvalue weighted by Gasteiger charge is 2.32. The summed E-state index contributed by atoms with van der Waals surface area (Å²) in [4.78, 5) is 24.1. The molecule has 1 amide bonds. The molecule has 0 aromatic rings. The predicted molar refractivity (Wildman–Crippen MR) is 64.5 cm³/mol. The lowest BCUT2D eigenvalue weighted by atomic mass is 10.2. The van der Waals surface area contributed by atoms with Gasteiger partial charge in [0, 0.05) is 12.6 Å². The van der Waals surface area contributed by atoms with Gasteiger partial charge in [0.2, 0.25) is 5.91 Å². The van der Waals surface area contributed by atoms with E-state index in [2.05, 4.69) is 13.8 Å². The normalized spacial score (nSPS) is 15.2. The Kier molecular flexibility index (Phi) is 5.12. The van der Waals surface area contributed by atoms with Gasteiger partial charge < -0.3 is 10.0 Å². The van der Waals surface area contributed by atoms with Crippen LogP contribution >= 0.6 is 11.8 Å². The SMILES string of the molecule is CC(C)CN(C(=O)CSCC(=O)O)C1CC1. The first-order valence-electron chi connectivity index (χ1n) is 5.59. The molecule has 0 unspecified atom stereocenters. The third-order valence-corrected chi connectivity index (χ3v) is 3.22. The number of thioether (sulfide) groups is 1. The summed E-state index contributed by atoms with van der Waals surface area (Å²) in [5, 5.41) is 8.49. The molecule has 0 atom stereocenters. The van der Waals surface area contributed by atoms with Gasteiger partial charge in [-0.3, -0.25) is 9.59 Å². The van der Waals surface area contributed by atoms with Crippen LogP contribution < -0.4 is 0 Å². The molecular weight excluding hydrogens is 226 g/mol. The van der Waals surface area contributed by atoms with Crippen LogP contribution in [0.15, 0.2) is 0 Å². The number of hydrogen-bond donors (Lipinski definition) is 1. The van der Waals surface area contributed by atoms with Crippen molar-refractivity contribution in [2.45, 2.75) is 32.7 Å². The molecule has 5 heteroatoms. The molecule has 1 rings (SSSR count). The van der Waals surface area contributed by atoms with Crippen molar-refractivity contribution in [2.75, 3.05) is 18.1 Å². The van der Waals surface area contributed by atoms with Crippen LogP contribution in [0, 0.1) is 5.92 Å². The second-order valence-corrected chi connectivity index (χ2v) is 5.54. The quantitative estimate of drug-likeness (QED) is 0.737. The average Bonchev–Trinajstić information content (AvgIpc) is 2.96. The van der Waals surface area contributed by atoms with Crippen molar-refractivity contribution >= 4 is 23.6 Å². The Morgan fingerprint density at radius 1 is 1.38 bits per heavy atom. The van der Waals surface area contributed by atoms with Crippen molar-refractivity contribution in [3.8, 4) is 0 Å². The number of carboxylic acids is 1. The summed E-state index contributed by atoms with van der Waals surface area (Å²) in [6, 6.07) is 0.417. The molecule has 0 aromatic carbocycles. The topological polar surface area (TPSA) is 57.6 Å². The number of carbonyl (C=O) groups is 2. The molecule has 0 aromatic heterocycles. The van der Waals surface area contributed by atoms with Gasteiger partial charge in [0.15, 0.2) is 0 Å². The highest BCUT2D eigenvalue weighted by molar-refractivity contribution is 8.00. The molecule has 4 nitrogen and oxygen atoms in total. The van der Waals surface area contributed by atoms with Crippen LogP contribution in [0.5, 0.6) is 0 Å². The number of amides is 1. The number of nitrogens with zero attached hydrogens (tertiary/aromatic N) is 1. The monoisotopic (exact) mass is 245 g/mol. The number of carboxylic acid groups (broad SMARTS) is 1. The zero-order chi connectivity index (χ0) is 12.1. The van der Waals surface area contributed by atoms with Gasteiger partial charge in [-0.15, -0.1) is 11.8 Å². The van der Waals surface area contributed by atoms with Gasteiger partial charge in [0.25, 0.3) is 0 Å². The van der Waals surface area contributed by atoms with E-state index in [1.165, 1.54) is 11.8 Å². The lowest BCUT2D eigenvalue weighted by molar-refractivity contribution is -0.133. The average molecular weight is 245 g/mol. The highest BCUT2D eigenvalue weighted by Crippen LogP contribution is 2.28. The van der Waals surface area contributed by atoms with E-state index in [1.54, 1.807) is 0 Å². The molecule has 0 spiro atoms. The van der Waals surface area contributed by atoms with E-state index in [4.69, 9.17) is 5.11 Å². The molecule has 0 bridgehead atoms. The molecule has 1 N–H and O–H groups in total. The fourth-order valence-electron chi connectivity index (χ4n) is 1.54. The number of hydrogen-bond acceptors (Lipinski definition) is 3. The summed E-state index contributed by atoms with van der Waals surface area (Å²) in [5.41, 5.74) is 0. The Bertz CT molecular complexity index is 264. The third kappa shape index (κ3) is 4.88. The molecule has 1 saturated carbocycles. The summed E-state index contributed by atoms with van der Waals surface area (Å²) in [5.74, 6) is -0.0161. The van der Waals surface area contributed by atoms with Gasteiger partial charge in [-0.25, -0.2) is 0 Å². The second kappa shape index (κ2) is 6.13. The Morgan fingerprint density at radius 3 is 2.44 bits per heavy atom. The Morgan fingerprint density at radius 2 is 2.00 bits per heavy atom. The first kappa shape index (κ1) is 13.4. The fraction of sp³-hybridized carbons (Fsp3) is 0.818. The van der Waals surface area contributed by atoms with Crippen LogP contribution in [0.3, 0.4) is 0 Å². The van der Waals surface area contributed by atoms with Crippen LogP contribution in [-0.4, -0.2) is 46.0 Å². The van der Waals surface area contributed by atoms with Crippen molar-refractivity contribution in [1.29, 1.82) is 0 Å². The van der Waals surface area contributed by atoms with Gasteiger partial charge in [0.05, 0.1) is 11.5 Å². The maximum atomic E-state index is 11.9. The van der Waals surface area contributed by atoms with E-state index in [0.29, 0.717) is 12.0 Å². The van der Waals surface area contributed by atoms with Crippen LogP contribution in [-0.2, 0) is 9.59 Å². The molecular formula is C11H19NO3S. The Hall–Kier alpha value is -0.710. The zero-order valence-electron chi connectivity index (χ0n) is 9.81. The first-order valence-corrected chi connectivity index (χ1v) is 6.75. The van der Waals surface area contributed by atoms with E-state index in [1.807, 2.05) is 4.90 Å². The van der Waals surface area contributed by atoms with E-state index in [9.17, 15) is 9.59 Å². The van der Waals surface area contributed by atoms with Gasteiger partial charge in [-0.2, -0.15) is 0 Å². The minimum Gasteiger partial charge on any atom is -0.481 e. The molecule has 0 heterocycles. The van der Waals surface area contributed by atoms with Crippen LogP contribution in [0.1, 0.15) is 26.7 Å². The molecule has 1 fully saturated rings. The summed E-state index contributed by atoms with van der Waals surface area (Å²) in [7, 11) is 0. The second-order valence-electron chi connectivity index (χ2n) is 4.56. The summed E-state index contributed by atoms with van der Waals surface area (Å²) in [6.07, 6.45) is 2.20. The van der Waals surface area contributed by atoms with Crippen molar-refractivity contribution in [1.82, 2.24) is 4.90 Å². The molecule has 16 heavy (non-hydrogen) atoms. The molecule has 1 aliphatic rings. The summed E-state index contributed by atoms with van der Waals surface area (Å²) < 4.78 is 0. The van der Waals surface area contributed by atoms with Crippen molar-refractivity contribution in [3.63, 3.8) is 0 Å². The Balaban J connectivity index is 2.32. The lowest BCUT2D eigenvalue weighted by Gasteiger charge is -2.24. The largest absolute Gasteiger partial charge is 0.481 e. The minimum atomic E-state index is -0.861. The molecule has 0 aliphatic heterocycles. The molecule has 0 saturated heterocycles. The van der Waals surface area contributed by atoms with Crippen molar-refractivity contribution < 1.29 is 14.7 Å². The standard InChI is InChI=1S/C11H19NO3S/c1-8(2)5-12(9-3-4-9)10(13)6-16-7-11(14)15/h8-9H,3-7H2,1-2H3,(H,14,15). The Labute approximate surface area is 100 Å². The molecule has 0 radical (unpaired) electrons.